The molecular weight excluding hydrogens is 301 g/mol. The number of rotatable bonds is 3. The van der Waals surface area contributed by atoms with Gasteiger partial charge in [-0.3, -0.25) is 0 Å². The molecule has 0 aliphatic carbocycles. The summed E-state index contributed by atoms with van der Waals surface area (Å²) in [5.41, 5.74) is 1.18. The van der Waals surface area contributed by atoms with Crippen molar-refractivity contribution in [3.05, 3.63) is 59.7 Å². The van der Waals surface area contributed by atoms with Crippen LogP contribution in [-0.2, 0) is 4.74 Å². The number of alkyl halides is 3. The molecule has 0 aliphatic heterocycles. The summed E-state index contributed by atoms with van der Waals surface area (Å²) >= 11 is 0. The minimum Gasteiger partial charge on any atom is -0.478 e. The first kappa shape index (κ1) is 15.6. The lowest BCUT2D eigenvalue weighted by molar-refractivity contribution is -0.291. The molecule has 0 bridgehead atoms. The van der Waals surface area contributed by atoms with E-state index in [-0.39, 0.29) is 11.1 Å². The maximum absolute atomic E-state index is 11.9. The molecule has 0 unspecified atom stereocenters. The third-order valence-corrected chi connectivity index (χ3v) is 2.79. The number of hydrogen-bond donors (Lipinski definition) is 1. The second-order valence-electron chi connectivity index (χ2n) is 4.30. The number of benzene rings is 2. The Morgan fingerprint density at radius 2 is 1.23 bits per heavy atom. The largest absolute Gasteiger partial charge is 0.575 e. The molecule has 4 nitrogen and oxygen atoms in total. The predicted octanol–water partition coefficient (Wildman–Crippen LogP) is 3.73. The lowest BCUT2D eigenvalue weighted by Crippen LogP contribution is -2.19. The highest BCUT2D eigenvalue weighted by molar-refractivity contribution is 5.90. The zero-order valence-corrected chi connectivity index (χ0v) is 10.9. The molecule has 0 saturated heterocycles. The van der Waals surface area contributed by atoms with Crippen LogP contribution >= 0.6 is 0 Å². The van der Waals surface area contributed by atoms with Crippen LogP contribution < -0.4 is 0 Å². The zero-order chi connectivity index (χ0) is 16.3. The summed E-state index contributed by atoms with van der Waals surface area (Å²) in [5.74, 6) is -2.54. The summed E-state index contributed by atoms with van der Waals surface area (Å²) in [4.78, 5) is 22.0. The van der Waals surface area contributed by atoms with Crippen LogP contribution in [0.4, 0.5) is 13.2 Å². The van der Waals surface area contributed by atoms with E-state index in [0.29, 0.717) is 11.1 Å². The lowest BCUT2D eigenvalue weighted by atomic mass is 10.0. The van der Waals surface area contributed by atoms with Crippen LogP contribution in [0.15, 0.2) is 48.5 Å². The Morgan fingerprint density at radius 3 is 1.59 bits per heavy atom. The number of carbonyl (C=O) groups excluding carboxylic acids is 1. The van der Waals surface area contributed by atoms with Gasteiger partial charge in [-0.15, -0.1) is 13.2 Å². The predicted molar refractivity (Wildman–Crippen MR) is 70.3 cm³/mol. The van der Waals surface area contributed by atoms with Gasteiger partial charge in [0.05, 0.1) is 11.1 Å². The molecule has 0 fully saturated rings. The van der Waals surface area contributed by atoms with Crippen molar-refractivity contribution in [2.24, 2.45) is 0 Å². The third-order valence-electron chi connectivity index (χ3n) is 2.79. The standard InChI is InChI=1S/C15H9F3O4/c16-15(17,18)22-14(21)12-7-3-10(4-8-12)9-1-5-11(6-2-9)13(19)20/h1-8H,(H,19,20). The molecule has 2 rings (SSSR count). The van der Waals surface area contributed by atoms with Gasteiger partial charge in [-0.05, 0) is 35.4 Å². The van der Waals surface area contributed by atoms with Crippen LogP contribution in [0.2, 0.25) is 0 Å². The second-order valence-corrected chi connectivity index (χ2v) is 4.30. The van der Waals surface area contributed by atoms with Crippen LogP contribution in [0.25, 0.3) is 11.1 Å². The first-order valence-electron chi connectivity index (χ1n) is 6.00. The van der Waals surface area contributed by atoms with E-state index in [0.717, 1.165) is 0 Å². The number of carbonyl (C=O) groups is 2. The van der Waals surface area contributed by atoms with Gasteiger partial charge in [0.25, 0.3) is 0 Å². The van der Waals surface area contributed by atoms with E-state index in [1.165, 1.54) is 36.4 Å². The lowest BCUT2D eigenvalue weighted by Gasteiger charge is -2.08. The van der Waals surface area contributed by atoms with Gasteiger partial charge < -0.3 is 9.84 Å². The molecular formula is C15H9F3O4. The molecule has 2 aromatic carbocycles. The van der Waals surface area contributed by atoms with Crippen molar-refractivity contribution in [2.45, 2.75) is 6.36 Å². The fraction of sp³-hybridized carbons (Fsp3) is 0.0667. The molecule has 2 aromatic rings. The van der Waals surface area contributed by atoms with Crippen LogP contribution in [0, 0.1) is 0 Å². The Labute approximate surface area is 122 Å². The van der Waals surface area contributed by atoms with Crippen LogP contribution in [0.1, 0.15) is 20.7 Å². The maximum atomic E-state index is 11.9. The van der Waals surface area contributed by atoms with E-state index < -0.39 is 18.3 Å². The number of hydrogen-bond acceptors (Lipinski definition) is 3. The van der Waals surface area contributed by atoms with Gasteiger partial charge >= 0.3 is 18.3 Å². The monoisotopic (exact) mass is 310 g/mol. The van der Waals surface area contributed by atoms with E-state index >= 15 is 0 Å². The fourth-order valence-electron chi connectivity index (χ4n) is 1.77. The van der Waals surface area contributed by atoms with Crippen molar-refractivity contribution in [2.75, 3.05) is 0 Å². The van der Waals surface area contributed by atoms with Gasteiger partial charge in [0.2, 0.25) is 0 Å². The highest BCUT2D eigenvalue weighted by atomic mass is 19.4. The highest BCUT2D eigenvalue weighted by Gasteiger charge is 2.34. The molecule has 0 aliphatic rings. The van der Waals surface area contributed by atoms with Crippen molar-refractivity contribution in [1.29, 1.82) is 0 Å². The molecule has 0 amide bonds. The van der Waals surface area contributed by atoms with Gasteiger partial charge in [-0.1, -0.05) is 24.3 Å². The van der Waals surface area contributed by atoms with Crippen LogP contribution in [0.5, 0.6) is 0 Å². The summed E-state index contributed by atoms with van der Waals surface area (Å²) in [6, 6.07) is 11.2. The smallest absolute Gasteiger partial charge is 0.478 e. The number of ether oxygens (including phenoxy) is 1. The van der Waals surface area contributed by atoms with Crippen LogP contribution in [0.3, 0.4) is 0 Å². The summed E-state index contributed by atoms with van der Waals surface area (Å²) in [6.45, 7) is 0. The van der Waals surface area contributed by atoms with Crippen molar-refractivity contribution in [1.82, 2.24) is 0 Å². The van der Waals surface area contributed by atoms with E-state index in [2.05, 4.69) is 4.74 Å². The average molecular weight is 310 g/mol. The first-order valence-corrected chi connectivity index (χ1v) is 6.00. The molecule has 0 spiro atoms. The van der Waals surface area contributed by atoms with Crippen LogP contribution in [-0.4, -0.2) is 23.4 Å². The number of carboxylic acids is 1. The fourth-order valence-corrected chi connectivity index (χ4v) is 1.77. The zero-order valence-electron chi connectivity index (χ0n) is 10.9. The number of aromatic carboxylic acids is 1. The highest BCUT2D eigenvalue weighted by Crippen LogP contribution is 2.23. The molecule has 0 saturated carbocycles. The van der Waals surface area contributed by atoms with Gasteiger partial charge in [0.1, 0.15) is 0 Å². The molecule has 22 heavy (non-hydrogen) atoms. The summed E-state index contributed by atoms with van der Waals surface area (Å²) in [7, 11) is 0. The van der Waals surface area contributed by atoms with Gasteiger partial charge in [0.15, 0.2) is 0 Å². The quantitative estimate of drug-likeness (QED) is 0.877. The summed E-state index contributed by atoms with van der Waals surface area (Å²) in [6.07, 6.45) is -5.03. The van der Waals surface area contributed by atoms with Gasteiger partial charge in [-0.25, -0.2) is 9.59 Å². The minimum absolute atomic E-state index is 0.120. The van der Waals surface area contributed by atoms with E-state index in [4.69, 9.17) is 5.11 Å². The molecule has 7 heteroatoms. The molecule has 114 valence electrons. The summed E-state index contributed by atoms with van der Waals surface area (Å²) < 4.78 is 39.2. The molecule has 0 radical (unpaired) electrons. The second kappa shape index (κ2) is 5.88. The topological polar surface area (TPSA) is 63.6 Å². The van der Waals surface area contributed by atoms with E-state index in [1.54, 1.807) is 12.1 Å². The van der Waals surface area contributed by atoms with E-state index in [9.17, 15) is 22.8 Å². The number of carboxylic acid groups (broad SMARTS) is 1. The Kier molecular flexibility index (Phi) is 4.16. The van der Waals surface area contributed by atoms with Gasteiger partial charge in [-0.2, -0.15) is 0 Å². The molecule has 1 N–H and O–H groups in total. The van der Waals surface area contributed by atoms with Crippen molar-refractivity contribution in [3.63, 3.8) is 0 Å². The Bertz CT molecular complexity index is 688. The van der Waals surface area contributed by atoms with E-state index in [1.807, 2.05) is 0 Å². The first-order chi connectivity index (χ1) is 10.3. The molecule has 0 aromatic heterocycles. The third kappa shape index (κ3) is 3.85. The van der Waals surface area contributed by atoms with Crippen molar-refractivity contribution in [3.8, 4) is 11.1 Å². The molecule has 0 atom stereocenters. The van der Waals surface area contributed by atoms with Crippen molar-refractivity contribution < 1.29 is 32.6 Å². The molecule has 0 heterocycles. The number of esters is 1. The Hall–Kier alpha value is -2.83. The Morgan fingerprint density at radius 1 is 0.818 bits per heavy atom. The Balaban J connectivity index is 2.18. The SMILES string of the molecule is O=C(O)c1ccc(-c2ccc(C(=O)OC(F)(F)F)cc2)cc1. The van der Waals surface area contributed by atoms with Gasteiger partial charge in [0, 0.05) is 0 Å². The minimum atomic E-state index is -5.03. The average Bonchev–Trinajstić information content (AvgIpc) is 2.46. The normalized spacial score (nSPS) is 11.0. The number of halogens is 3. The summed E-state index contributed by atoms with van der Waals surface area (Å²) in [5, 5.41) is 8.79. The van der Waals surface area contributed by atoms with Crippen molar-refractivity contribution >= 4 is 11.9 Å². The maximum Gasteiger partial charge on any atom is 0.575 e.